The minimum Gasteiger partial charge on any atom is -0.321 e. The first-order valence-corrected chi connectivity index (χ1v) is 7.26. The molecule has 1 aromatic heterocycles. The van der Waals surface area contributed by atoms with Crippen molar-refractivity contribution in [3.05, 3.63) is 63.3 Å². The maximum absolute atomic E-state index is 12.6. The van der Waals surface area contributed by atoms with Gasteiger partial charge in [0.1, 0.15) is 11.9 Å². The summed E-state index contributed by atoms with van der Waals surface area (Å²) >= 11 is 0. The van der Waals surface area contributed by atoms with E-state index in [1.165, 1.54) is 0 Å². The van der Waals surface area contributed by atoms with Crippen LogP contribution in [0, 0.1) is 24.2 Å². The molecule has 0 radical (unpaired) electrons. The number of nitrogens with two attached hydrogens (primary N) is 1. The molecule has 0 aliphatic carbocycles. The lowest BCUT2D eigenvalue weighted by Crippen LogP contribution is -2.34. The molecule has 22 heavy (non-hydrogen) atoms. The fourth-order valence-corrected chi connectivity index (χ4v) is 2.25. The van der Waals surface area contributed by atoms with Crippen LogP contribution in [0.2, 0.25) is 0 Å². The first kappa shape index (κ1) is 15.9. The van der Waals surface area contributed by atoms with Crippen LogP contribution in [0.15, 0.2) is 35.1 Å². The summed E-state index contributed by atoms with van der Waals surface area (Å²) in [7, 11) is 0. The number of hydrogen-bond acceptors (Lipinski definition) is 4. The van der Waals surface area contributed by atoms with E-state index >= 15 is 0 Å². The zero-order valence-corrected chi connectivity index (χ0v) is 13.1. The van der Waals surface area contributed by atoms with E-state index in [4.69, 9.17) is 11.0 Å². The molecular weight excluding hydrogens is 276 g/mol. The Hall–Kier alpha value is -2.45. The van der Waals surface area contributed by atoms with Crippen molar-refractivity contribution in [2.24, 2.45) is 11.7 Å². The van der Waals surface area contributed by atoms with E-state index in [9.17, 15) is 4.79 Å². The molecule has 2 rings (SSSR count). The highest BCUT2D eigenvalue weighted by Crippen LogP contribution is 2.18. The second-order valence-corrected chi connectivity index (χ2v) is 5.70. The predicted octanol–water partition coefficient (Wildman–Crippen LogP) is 2.13. The van der Waals surface area contributed by atoms with Crippen LogP contribution in [0.3, 0.4) is 0 Å². The van der Waals surface area contributed by atoms with E-state index in [-0.39, 0.29) is 17.2 Å². The van der Waals surface area contributed by atoms with E-state index in [1.807, 2.05) is 50.2 Å². The normalized spacial score (nSPS) is 12.2. The predicted molar refractivity (Wildman–Crippen MR) is 85.3 cm³/mol. The fourth-order valence-electron chi connectivity index (χ4n) is 2.25. The van der Waals surface area contributed by atoms with E-state index < -0.39 is 6.04 Å². The van der Waals surface area contributed by atoms with Crippen molar-refractivity contribution in [1.82, 2.24) is 9.55 Å². The van der Waals surface area contributed by atoms with E-state index in [0.717, 1.165) is 5.56 Å². The number of rotatable bonds is 4. The number of nitrogens with zero attached hydrogens (tertiary/aromatic N) is 3. The zero-order chi connectivity index (χ0) is 16.3. The Morgan fingerprint density at radius 1 is 1.32 bits per heavy atom. The molecule has 114 valence electrons. The van der Waals surface area contributed by atoms with Gasteiger partial charge in [0, 0.05) is 0 Å². The average Bonchev–Trinajstić information content (AvgIpc) is 2.52. The lowest BCUT2D eigenvalue weighted by atomic mass is 10.0. The third-order valence-electron chi connectivity index (χ3n) is 3.73. The smallest absolute Gasteiger partial charge is 0.258 e. The molecule has 0 aliphatic heterocycles. The minimum atomic E-state index is -0.399. The number of aromatic nitrogens is 2. The molecule has 0 bridgehead atoms. The van der Waals surface area contributed by atoms with E-state index in [2.05, 4.69) is 4.98 Å². The van der Waals surface area contributed by atoms with Crippen LogP contribution in [0.1, 0.15) is 42.5 Å². The van der Waals surface area contributed by atoms with Gasteiger partial charge >= 0.3 is 0 Å². The summed E-state index contributed by atoms with van der Waals surface area (Å²) in [5, 5.41) is 9.17. The van der Waals surface area contributed by atoms with Crippen molar-refractivity contribution in [1.29, 1.82) is 5.26 Å². The van der Waals surface area contributed by atoms with Crippen molar-refractivity contribution in [2.45, 2.75) is 33.4 Å². The first-order valence-electron chi connectivity index (χ1n) is 7.26. The van der Waals surface area contributed by atoms with Crippen LogP contribution < -0.4 is 11.3 Å². The maximum Gasteiger partial charge on any atom is 0.258 e. The van der Waals surface area contributed by atoms with Gasteiger partial charge in [0.2, 0.25) is 0 Å². The standard InChI is InChI=1S/C17H20N4O/c1-11(2)15(19)16-20-14(9-18)12(3)17(22)21(16)10-13-7-5-4-6-8-13/h4-8,11,15H,10,19H2,1-3H3. The second kappa shape index (κ2) is 6.54. The molecule has 0 aliphatic rings. The molecule has 0 saturated heterocycles. The SMILES string of the molecule is Cc1c(C#N)nc(C(N)C(C)C)n(Cc2ccccc2)c1=O. The number of hydrogen-bond donors (Lipinski definition) is 1. The van der Waals surface area contributed by atoms with Crippen molar-refractivity contribution < 1.29 is 0 Å². The van der Waals surface area contributed by atoms with E-state index in [1.54, 1.807) is 11.5 Å². The molecule has 5 heteroatoms. The molecule has 5 nitrogen and oxygen atoms in total. The van der Waals surface area contributed by atoms with Gasteiger partial charge in [-0.1, -0.05) is 44.2 Å². The van der Waals surface area contributed by atoms with Gasteiger partial charge in [-0.05, 0) is 18.4 Å². The molecule has 2 aromatic rings. The Balaban J connectivity index is 2.62. The van der Waals surface area contributed by atoms with Gasteiger partial charge in [-0.3, -0.25) is 9.36 Å². The number of nitriles is 1. The third kappa shape index (κ3) is 3.07. The fraction of sp³-hybridized carbons (Fsp3) is 0.353. The highest BCUT2D eigenvalue weighted by Gasteiger charge is 2.21. The third-order valence-corrected chi connectivity index (χ3v) is 3.73. The number of benzene rings is 1. The Morgan fingerprint density at radius 3 is 2.50 bits per heavy atom. The highest BCUT2D eigenvalue weighted by atomic mass is 16.1. The molecule has 1 heterocycles. The first-order chi connectivity index (χ1) is 10.5. The van der Waals surface area contributed by atoms with Crippen LogP contribution in [0.25, 0.3) is 0 Å². The summed E-state index contributed by atoms with van der Waals surface area (Å²) in [6.07, 6.45) is 0. The molecule has 1 aromatic carbocycles. The van der Waals surface area contributed by atoms with Crippen LogP contribution in [0.4, 0.5) is 0 Å². The molecule has 0 saturated carbocycles. The summed E-state index contributed by atoms with van der Waals surface area (Å²) in [5.74, 6) is 0.578. The Bertz CT molecular complexity index is 757. The summed E-state index contributed by atoms with van der Waals surface area (Å²) < 4.78 is 1.58. The van der Waals surface area contributed by atoms with Crippen LogP contribution in [0.5, 0.6) is 0 Å². The monoisotopic (exact) mass is 296 g/mol. The Morgan fingerprint density at radius 2 is 1.95 bits per heavy atom. The largest absolute Gasteiger partial charge is 0.321 e. The topological polar surface area (TPSA) is 84.7 Å². The van der Waals surface area contributed by atoms with Gasteiger partial charge in [-0.15, -0.1) is 0 Å². The summed E-state index contributed by atoms with van der Waals surface area (Å²) in [5.41, 5.74) is 7.50. The lowest BCUT2D eigenvalue weighted by Gasteiger charge is -2.21. The molecular formula is C17H20N4O. The molecule has 0 spiro atoms. The van der Waals surface area contributed by atoms with Gasteiger partial charge in [0.05, 0.1) is 18.2 Å². The molecule has 1 unspecified atom stereocenters. The Labute approximate surface area is 130 Å². The molecule has 0 fully saturated rings. The van der Waals surface area contributed by atoms with Gasteiger partial charge in [-0.25, -0.2) is 4.98 Å². The minimum absolute atomic E-state index is 0.114. The average molecular weight is 296 g/mol. The van der Waals surface area contributed by atoms with Crippen molar-refractivity contribution in [3.8, 4) is 6.07 Å². The quantitative estimate of drug-likeness (QED) is 0.936. The van der Waals surface area contributed by atoms with Crippen LogP contribution in [-0.4, -0.2) is 9.55 Å². The van der Waals surface area contributed by atoms with Gasteiger partial charge in [-0.2, -0.15) is 5.26 Å². The summed E-state index contributed by atoms with van der Waals surface area (Å²) in [6.45, 7) is 5.96. The Kier molecular flexibility index (Phi) is 4.74. The van der Waals surface area contributed by atoms with E-state index in [0.29, 0.717) is 17.9 Å². The van der Waals surface area contributed by atoms with Crippen LogP contribution in [-0.2, 0) is 6.54 Å². The molecule has 1 atom stereocenters. The van der Waals surface area contributed by atoms with Gasteiger partial charge in [0.15, 0.2) is 5.69 Å². The summed E-state index contributed by atoms with van der Waals surface area (Å²) in [4.78, 5) is 17.0. The van der Waals surface area contributed by atoms with Crippen molar-refractivity contribution in [3.63, 3.8) is 0 Å². The van der Waals surface area contributed by atoms with Crippen molar-refractivity contribution >= 4 is 0 Å². The van der Waals surface area contributed by atoms with Gasteiger partial charge < -0.3 is 5.73 Å². The zero-order valence-electron chi connectivity index (χ0n) is 13.1. The van der Waals surface area contributed by atoms with Crippen LogP contribution >= 0.6 is 0 Å². The molecule has 2 N–H and O–H groups in total. The maximum atomic E-state index is 12.6. The lowest BCUT2D eigenvalue weighted by molar-refractivity contribution is 0.459. The summed E-state index contributed by atoms with van der Waals surface area (Å²) in [6, 6.07) is 11.3. The highest BCUT2D eigenvalue weighted by molar-refractivity contribution is 5.30. The van der Waals surface area contributed by atoms with Crippen molar-refractivity contribution in [2.75, 3.05) is 0 Å². The van der Waals surface area contributed by atoms with Gasteiger partial charge in [0.25, 0.3) is 5.56 Å². The molecule has 0 amide bonds. The second-order valence-electron chi connectivity index (χ2n) is 5.70.